The van der Waals surface area contributed by atoms with Crippen LogP contribution < -0.4 is 9.47 Å². The average molecular weight is 458 g/mol. The zero-order chi connectivity index (χ0) is 24.3. The Bertz CT molecular complexity index is 1090. The lowest BCUT2D eigenvalue weighted by atomic mass is 9.91. The van der Waals surface area contributed by atoms with E-state index >= 15 is 0 Å². The highest BCUT2D eigenvalue weighted by Gasteiger charge is 2.33. The summed E-state index contributed by atoms with van der Waals surface area (Å²) in [4.78, 5) is 24.2. The summed E-state index contributed by atoms with van der Waals surface area (Å²) in [5.41, 5.74) is 0.782. The number of carbonyl (C=O) groups excluding carboxylic acids is 2. The van der Waals surface area contributed by atoms with Crippen LogP contribution in [0.3, 0.4) is 0 Å². The van der Waals surface area contributed by atoms with E-state index in [0.717, 1.165) is 0 Å². The molecule has 2 atom stereocenters. The molecule has 0 saturated heterocycles. The molecule has 176 valence electrons. The quantitative estimate of drug-likeness (QED) is 0.347. The van der Waals surface area contributed by atoms with Crippen molar-refractivity contribution in [2.45, 2.75) is 37.9 Å². The summed E-state index contributed by atoms with van der Waals surface area (Å²) in [7, 11) is 2.66. The molecular weight excluding hydrogens is 432 g/mol. The van der Waals surface area contributed by atoms with Gasteiger partial charge in [0.05, 0.1) is 26.7 Å². The highest BCUT2D eigenvalue weighted by atomic mass is 16.5. The fourth-order valence-electron chi connectivity index (χ4n) is 3.65. The number of esters is 1. The number of phenols is 3. The smallest absolute Gasteiger partial charge is 0.305 e. The van der Waals surface area contributed by atoms with Crippen LogP contribution in [-0.2, 0) is 16.0 Å². The Morgan fingerprint density at radius 1 is 1.18 bits per heavy atom. The van der Waals surface area contributed by atoms with Crippen molar-refractivity contribution in [1.82, 2.24) is 0 Å². The molecule has 4 N–H and O–H groups in total. The third kappa shape index (κ3) is 5.04. The first-order chi connectivity index (χ1) is 15.7. The number of fused-ring (bicyclic) bond motifs is 1. The van der Waals surface area contributed by atoms with E-state index in [1.165, 1.54) is 26.4 Å². The van der Waals surface area contributed by atoms with E-state index in [9.17, 15) is 30.0 Å². The Kier molecular flexibility index (Phi) is 7.13. The van der Waals surface area contributed by atoms with Gasteiger partial charge in [-0.3, -0.25) is 9.59 Å². The Labute approximate surface area is 190 Å². The third-order valence-electron chi connectivity index (χ3n) is 5.59. The van der Waals surface area contributed by atoms with E-state index in [-0.39, 0.29) is 59.8 Å². The minimum atomic E-state index is -1.17. The molecule has 1 aliphatic heterocycles. The molecule has 0 amide bonds. The number of hydrogen-bond donors (Lipinski definition) is 4. The van der Waals surface area contributed by atoms with E-state index in [4.69, 9.17) is 9.47 Å². The topological polar surface area (TPSA) is 143 Å². The number of carbonyl (C=O) groups is 2. The van der Waals surface area contributed by atoms with Crippen LogP contribution in [0.5, 0.6) is 28.7 Å². The van der Waals surface area contributed by atoms with Gasteiger partial charge in [-0.25, -0.2) is 0 Å². The molecule has 3 rings (SSSR count). The van der Waals surface area contributed by atoms with Gasteiger partial charge in [-0.05, 0) is 29.7 Å². The Hall–Kier alpha value is -3.72. The van der Waals surface area contributed by atoms with Crippen molar-refractivity contribution >= 4 is 11.8 Å². The predicted octanol–water partition coefficient (Wildman–Crippen LogP) is 2.93. The maximum atomic E-state index is 12.9. The molecule has 1 heterocycles. The molecule has 0 aromatic heterocycles. The van der Waals surface area contributed by atoms with Gasteiger partial charge in [0, 0.05) is 24.5 Å². The lowest BCUT2D eigenvalue weighted by molar-refractivity contribution is -0.140. The van der Waals surface area contributed by atoms with Crippen molar-refractivity contribution in [2.75, 3.05) is 14.2 Å². The zero-order valence-electron chi connectivity index (χ0n) is 18.3. The molecule has 1 aliphatic rings. The van der Waals surface area contributed by atoms with Crippen LogP contribution in [0, 0.1) is 0 Å². The standard InChI is InChI=1S/C24H26O9/c1-12(4-7-22(29)32-3)16(26)9-14-17(27)10-21-23(24(14)30)18(28)11-19(33-21)13-5-6-15(25)20(8-13)31-2/h5-6,8,10,16,19,25-27,30H,1,4,7,9,11H2,2-3H3/t16-,19+/m0/s1. The molecule has 9 heteroatoms. The van der Waals surface area contributed by atoms with Crippen LogP contribution in [0.25, 0.3) is 0 Å². The van der Waals surface area contributed by atoms with Gasteiger partial charge in [0.1, 0.15) is 28.9 Å². The zero-order valence-corrected chi connectivity index (χ0v) is 18.3. The molecule has 0 saturated carbocycles. The van der Waals surface area contributed by atoms with E-state index < -0.39 is 29.7 Å². The SMILES string of the molecule is C=C(CCC(=O)OC)[C@@H](O)Cc1c(O)cc2c(c1O)C(=O)C[C@H](c1ccc(O)c(OC)c1)O2. The largest absolute Gasteiger partial charge is 0.507 e. The first kappa shape index (κ1) is 23.9. The predicted molar refractivity (Wildman–Crippen MR) is 117 cm³/mol. The van der Waals surface area contributed by atoms with Crippen molar-refractivity contribution in [3.63, 3.8) is 0 Å². The van der Waals surface area contributed by atoms with Crippen LogP contribution in [0.1, 0.15) is 46.9 Å². The highest BCUT2D eigenvalue weighted by Crippen LogP contribution is 2.45. The van der Waals surface area contributed by atoms with Gasteiger partial charge in [0.2, 0.25) is 0 Å². The van der Waals surface area contributed by atoms with Crippen LogP contribution in [-0.4, -0.2) is 52.5 Å². The Balaban J connectivity index is 1.83. The number of ketones is 1. The summed E-state index contributed by atoms with van der Waals surface area (Å²) >= 11 is 0. The molecule has 9 nitrogen and oxygen atoms in total. The van der Waals surface area contributed by atoms with Gasteiger partial charge in [-0.2, -0.15) is 0 Å². The minimum Gasteiger partial charge on any atom is -0.507 e. The second-order valence-electron chi connectivity index (χ2n) is 7.72. The summed E-state index contributed by atoms with van der Waals surface area (Å²) in [6.07, 6.45) is -1.98. The van der Waals surface area contributed by atoms with Gasteiger partial charge in [-0.15, -0.1) is 0 Å². The second-order valence-corrected chi connectivity index (χ2v) is 7.72. The molecule has 0 spiro atoms. The van der Waals surface area contributed by atoms with Crippen LogP contribution in [0.4, 0.5) is 0 Å². The third-order valence-corrected chi connectivity index (χ3v) is 5.59. The first-order valence-corrected chi connectivity index (χ1v) is 10.2. The fourth-order valence-corrected chi connectivity index (χ4v) is 3.65. The fraction of sp³-hybridized carbons (Fsp3) is 0.333. The number of rotatable bonds is 8. The van der Waals surface area contributed by atoms with Gasteiger partial charge in [-0.1, -0.05) is 12.6 Å². The van der Waals surface area contributed by atoms with Crippen molar-refractivity contribution in [3.8, 4) is 28.7 Å². The molecular formula is C24H26O9. The normalized spacial score (nSPS) is 15.8. The van der Waals surface area contributed by atoms with Gasteiger partial charge >= 0.3 is 5.97 Å². The molecule has 0 fully saturated rings. The van der Waals surface area contributed by atoms with E-state index in [1.54, 1.807) is 12.1 Å². The lowest BCUT2D eigenvalue weighted by Gasteiger charge is -2.27. The number of benzene rings is 2. The number of hydrogen-bond acceptors (Lipinski definition) is 9. The maximum Gasteiger partial charge on any atom is 0.305 e. The van der Waals surface area contributed by atoms with Crippen molar-refractivity contribution < 1.29 is 44.2 Å². The summed E-state index contributed by atoms with van der Waals surface area (Å²) in [6.45, 7) is 3.74. The van der Waals surface area contributed by atoms with Crippen molar-refractivity contribution in [2.24, 2.45) is 0 Å². The molecule has 0 radical (unpaired) electrons. The highest BCUT2D eigenvalue weighted by molar-refractivity contribution is 6.03. The molecule has 0 bridgehead atoms. The minimum absolute atomic E-state index is 0.000972. The monoisotopic (exact) mass is 458 g/mol. The van der Waals surface area contributed by atoms with Crippen LogP contribution in [0.15, 0.2) is 36.4 Å². The molecule has 2 aromatic carbocycles. The first-order valence-electron chi connectivity index (χ1n) is 10.2. The lowest BCUT2D eigenvalue weighted by Crippen LogP contribution is -2.21. The number of aliphatic hydroxyl groups excluding tert-OH is 1. The Morgan fingerprint density at radius 3 is 2.58 bits per heavy atom. The Morgan fingerprint density at radius 2 is 1.91 bits per heavy atom. The van der Waals surface area contributed by atoms with E-state index in [0.29, 0.717) is 11.1 Å². The average Bonchev–Trinajstić information content (AvgIpc) is 2.79. The second kappa shape index (κ2) is 9.83. The number of Topliss-reactive ketones (excluding diaryl/α,β-unsaturated/α-hetero) is 1. The summed E-state index contributed by atoms with van der Waals surface area (Å²) in [5, 5.41) is 41.4. The van der Waals surface area contributed by atoms with Crippen molar-refractivity contribution in [1.29, 1.82) is 0 Å². The molecule has 33 heavy (non-hydrogen) atoms. The summed E-state index contributed by atoms with van der Waals surface area (Å²) in [6, 6.07) is 5.77. The van der Waals surface area contributed by atoms with Crippen molar-refractivity contribution in [3.05, 3.63) is 53.1 Å². The van der Waals surface area contributed by atoms with Gasteiger partial charge < -0.3 is 34.6 Å². The molecule has 0 aliphatic carbocycles. The van der Waals surface area contributed by atoms with Gasteiger partial charge in [0.25, 0.3) is 0 Å². The summed E-state index contributed by atoms with van der Waals surface area (Å²) in [5.74, 6) is -1.54. The molecule has 2 aromatic rings. The number of aliphatic hydroxyl groups is 1. The van der Waals surface area contributed by atoms with E-state index in [1.807, 2.05) is 0 Å². The number of methoxy groups -OCH3 is 2. The number of ether oxygens (including phenoxy) is 3. The van der Waals surface area contributed by atoms with Gasteiger partial charge in [0.15, 0.2) is 17.3 Å². The summed E-state index contributed by atoms with van der Waals surface area (Å²) < 4.78 is 15.5. The number of aromatic hydroxyl groups is 3. The van der Waals surface area contributed by atoms with E-state index in [2.05, 4.69) is 11.3 Å². The molecule has 0 unspecified atom stereocenters. The maximum absolute atomic E-state index is 12.9. The number of phenolic OH excluding ortho intramolecular Hbond substituents is 3. The van der Waals surface area contributed by atoms with Crippen LogP contribution in [0.2, 0.25) is 0 Å². The van der Waals surface area contributed by atoms with Crippen LogP contribution >= 0.6 is 0 Å².